The molecule has 0 aliphatic heterocycles. The van der Waals surface area contributed by atoms with E-state index < -0.39 is 11.2 Å². The molecule has 10 heteroatoms. The number of aromatic nitrogens is 4. The van der Waals surface area contributed by atoms with Crippen molar-refractivity contribution in [3.63, 3.8) is 0 Å². The number of rotatable bonds is 6. The highest BCUT2D eigenvalue weighted by molar-refractivity contribution is 7.90. The molecule has 2 aliphatic rings. The molecular formula is C27H21Cl3N4O2S. The molecule has 2 aromatic carbocycles. The maximum Gasteiger partial charge on any atom is 0.273 e. The minimum Gasteiger partial charge on any atom is -0.612 e. The van der Waals surface area contributed by atoms with Gasteiger partial charge in [-0.3, -0.25) is 0 Å². The standard InChI is InChI=1S/C27H21Cl3N4O2S/c1-37(35)24-22(25-31-32-26(36-25)27(14-15-27)17-8-12-19(29)13-9-17)33-34(21-5-3-2-4-20(21)30)23(24)16-6-10-18(28)11-7-16/h2-6,8-13,16H,7,14-15H2,1H3. The van der Waals surface area contributed by atoms with Crippen molar-refractivity contribution in [3.05, 3.63) is 99.0 Å². The molecule has 0 amide bonds. The Morgan fingerprint density at radius 2 is 1.81 bits per heavy atom. The maximum atomic E-state index is 13.2. The topological polar surface area (TPSA) is 79.8 Å². The molecule has 37 heavy (non-hydrogen) atoms. The lowest BCUT2D eigenvalue weighted by Crippen LogP contribution is -2.12. The fourth-order valence-electron chi connectivity index (χ4n) is 4.80. The molecule has 0 spiro atoms. The van der Waals surface area contributed by atoms with E-state index in [1.165, 1.54) is 0 Å². The van der Waals surface area contributed by atoms with Gasteiger partial charge in [-0.1, -0.05) is 71.2 Å². The molecule has 0 N–H and O–H groups in total. The minimum absolute atomic E-state index is 0.120. The third-order valence-corrected chi connectivity index (χ3v) is 8.66. The van der Waals surface area contributed by atoms with Gasteiger partial charge in [-0.2, -0.15) is 5.10 Å². The fraction of sp³-hybridized carbons (Fsp3) is 0.222. The van der Waals surface area contributed by atoms with Crippen LogP contribution in [0.1, 0.15) is 42.3 Å². The third kappa shape index (κ3) is 4.43. The van der Waals surface area contributed by atoms with Crippen LogP contribution in [-0.4, -0.2) is 30.8 Å². The molecular weight excluding hydrogens is 551 g/mol. The molecule has 0 bridgehead atoms. The summed E-state index contributed by atoms with van der Waals surface area (Å²) in [5.41, 5.74) is 2.54. The van der Waals surface area contributed by atoms with Crippen LogP contribution in [0.3, 0.4) is 0 Å². The second-order valence-electron chi connectivity index (χ2n) is 9.17. The van der Waals surface area contributed by atoms with Crippen molar-refractivity contribution < 1.29 is 8.97 Å². The van der Waals surface area contributed by atoms with Crippen LogP contribution in [-0.2, 0) is 16.6 Å². The molecule has 2 aliphatic carbocycles. The predicted octanol–water partition coefficient (Wildman–Crippen LogP) is 7.21. The number of allylic oxidation sites excluding steroid dienone is 4. The molecule has 6 rings (SSSR count). The van der Waals surface area contributed by atoms with Crippen LogP contribution in [0.4, 0.5) is 0 Å². The highest BCUT2D eigenvalue weighted by Crippen LogP contribution is 2.53. The van der Waals surface area contributed by atoms with Gasteiger partial charge in [0.05, 0.1) is 16.1 Å². The molecule has 2 unspecified atom stereocenters. The zero-order chi connectivity index (χ0) is 25.7. The molecule has 0 saturated heterocycles. The second kappa shape index (κ2) is 9.64. The first-order valence-corrected chi connectivity index (χ1v) is 14.4. The zero-order valence-corrected chi connectivity index (χ0v) is 22.8. The van der Waals surface area contributed by atoms with E-state index in [4.69, 9.17) is 44.3 Å². The van der Waals surface area contributed by atoms with Gasteiger partial charge in [-0.25, -0.2) is 4.68 Å². The van der Waals surface area contributed by atoms with Crippen LogP contribution in [0.5, 0.6) is 0 Å². The highest BCUT2D eigenvalue weighted by atomic mass is 35.5. The Morgan fingerprint density at radius 3 is 2.46 bits per heavy atom. The van der Waals surface area contributed by atoms with E-state index in [0.29, 0.717) is 43.7 Å². The van der Waals surface area contributed by atoms with E-state index in [0.717, 1.165) is 24.1 Å². The number of hydrogen-bond donors (Lipinski definition) is 0. The van der Waals surface area contributed by atoms with Gasteiger partial charge in [0, 0.05) is 16.0 Å². The summed E-state index contributed by atoms with van der Waals surface area (Å²) in [5.74, 6) is 0.616. The van der Waals surface area contributed by atoms with E-state index in [1.807, 2.05) is 60.7 Å². The zero-order valence-electron chi connectivity index (χ0n) is 19.7. The van der Waals surface area contributed by atoms with Gasteiger partial charge in [-0.05, 0) is 66.3 Å². The van der Waals surface area contributed by atoms with Gasteiger partial charge in [0.1, 0.15) is 11.9 Å². The number of benzene rings is 2. The summed E-state index contributed by atoms with van der Waals surface area (Å²) in [6, 6.07) is 15.1. The van der Waals surface area contributed by atoms with Gasteiger partial charge in [0.15, 0.2) is 0 Å². The van der Waals surface area contributed by atoms with Gasteiger partial charge in [0.2, 0.25) is 16.5 Å². The fourth-order valence-corrected chi connectivity index (χ4v) is 6.24. The lowest BCUT2D eigenvalue weighted by molar-refractivity contribution is 0.470. The average molecular weight is 572 g/mol. The quantitative estimate of drug-likeness (QED) is 0.228. The predicted molar refractivity (Wildman–Crippen MR) is 146 cm³/mol. The van der Waals surface area contributed by atoms with Gasteiger partial charge in [0.25, 0.3) is 5.89 Å². The van der Waals surface area contributed by atoms with E-state index in [2.05, 4.69) is 10.2 Å². The van der Waals surface area contributed by atoms with E-state index in [9.17, 15) is 4.55 Å². The molecule has 4 aromatic rings. The Bertz CT molecular complexity index is 1540. The molecule has 0 radical (unpaired) electrons. The molecule has 1 saturated carbocycles. The van der Waals surface area contributed by atoms with Crippen LogP contribution in [0, 0.1) is 0 Å². The summed E-state index contributed by atoms with van der Waals surface area (Å²) in [7, 11) is 0. The van der Waals surface area contributed by atoms with Crippen molar-refractivity contribution in [2.45, 2.75) is 35.5 Å². The Hall–Kier alpha value is -2.55. The van der Waals surface area contributed by atoms with Gasteiger partial charge < -0.3 is 8.97 Å². The third-order valence-electron chi connectivity index (χ3n) is 6.83. The smallest absolute Gasteiger partial charge is 0.273 e. The Labute approximate surface area is 232 Å². The number of halogens is 3. The lowest BCUT2D eigenvalue weighted by atomic mass is 9.96. The lowest BCUT2D eigenvalue weighted by Gasteiger charge is -2.18. The first-order chi connectivity index (χ1) is 17.9. The van der Waals surface area contributed by atoms with E-state index in [1.54, 1.807) is 17.0 Å². The van der Waals surface area contributed by atoms with Gasteiger partial charge >= 0.3 is 0 Å². The average Bonchev–Trinajstić information content (AvgIpc) is 3.37. The summed E-state index contributed by atoms with van der Waals surface area (Å²) in [6.07, 6.45) is 9.81. The van der Waals surface area contributed by atoms with Crippen molar-refractivity contribution >= 4 is 46.0 Å². The summed E-state index contributed by atoms with van der Waals surface area (Å²) in [6.45, 7) is 0. The van der Waals surface area contributed by atoms with Crippen molar-refractivity contribution in [2.24, 2.45) is 0 Å². The summed E-state index contributed by atoms with van der Waals surface area (Å²) >= 11 is 17.5. The molecule has 2 atom stereocenters. The first-order valence-electron chi connectivity index (χ1n) is 11.7. The largest absolute Gasteiger partial charge is 0.612 e. The Balaban J connectivity index is 1.50. The summed E-state index contributed by atoms with van der Waals surface area (Å²) in [5, 5.41) is 15.5. The van der Waals surface area contributed by atoms with Crippen LogP contribution < -0.4 is 0 Å². The van der Waals surface area contributed by atoms with Crippen LogP contribution >= 0.6 is 34.8 Å². The van der Waals surface area contributed by atoms with E-state index in [-0.39, 0.29) is 17.2 Å². The van der Waals surface area contributed by atoms with Crippen molar-refractivity contribution in [1.29, 1.82) is 0 Å². The number of hydrogen-bond acceptors (Lipinski definition) is 5. The minimum atomic E-state index is -1.41. The SMILES string of the molecule is C[S+]([O-])c1c(-c2nnc(C3(c4ccc(Cl)cc4)CC3)o2)nn(-c2ccccc2Cl)c1C1C=CC(Cl)=CC1. The Morgan fingerprint density at radius 1 is 1.05 bits per heavy atom. The molecule has 2 aromatic heterocycles. The van der Waals surface area contributed by atoms with Crippen LogP contribution in [0.2, 0.25) is 10.0 Å². The maximum absolute atomic E-state index is 13.2. The molecule has 6 nitrogen and oxygen atoms in total. The highest BCUT2D eigenvalue weighted by Gasteiger charge is 2.51. The summed E-state index contributed by atoms with van der Waals surface area (Å²) < 4.78 is 21.2. The summed E-state index contributed by atoms with van der Waals surface area (Å²) in [4.78, 5) is 0.535. The van der Waals surface area contributed by atoms with E-state index >= 15 is 0 Å². The number of nitrogens with zero attached hydrogens (tertiary/aromatic N) is 4. The van der Waals surface area contributed by atoms with Gasteiger partial charge in [-0.15, -0.1) is 10.2 Å². The first kappa shape index (κ1) is 24.8. The molecule has 2 heterocycles. The molecule has 188 valence electrons. The molecule has 1 fully saturated rings. The normalized spacial score (nSPS) is 19.1. The second-order valence-corrected chi connectivity index (χ2v) is 11.8. The van der Waals surface area contributed by atoms with Crippen molar-refractivity contribution in [3.8, 4) is 17.3 Å². The Kier molecular flexibility index (Phi) is 6.45. The number of para-hydroxylation sites is 1. The van der Waals surface area contributed by atoms with Crippen LogP contribution in [0.15, 0.2) is 81.1 Å². The monoisotopic (exact) mass is 570 g/mol. The van der Waals surface area contributed by atoms with Crippen molar-refractivity contribution in [2.75, 3.05) is 6.26 Å². The van der Waals surface area contributed by atoms with Crippen LogP contribution in [0.25, 0.3) is 17.3 Å². The van der Waals surface area contributed by atoms with Crippen molar-refractivity contribution in [1.82, 2.24) is 20.0 Å².